The van der Waals surface area contributed by atoms with Crippen LogP contribution in [-0.2, 0) is 19.5 Å². The fourth-order valence-corrected chi connectivity index (χ4v) is 5.68. The van der Waals surface area contributed by atoms with Crippen molar-refractivity contribution in [2.24, 2.45) is 11.8 Å². The van der Waals surface area contributed by atoms with Crippen molar-refractivity contribution in [1.82, 2.24) is 0 Å². The Morgan fingerprint density at radius 1 is 0.780 bits per heavy atom. The molecule has 0 aromatic heterocycles. The monoisotopic (exact) mass is 627 g/mol. The number of hydrogen-bond acceptors (Lipinski definition) is 0. The molecule has 0 saturated heterocycles. The third-order valence-electron chi connectivity index (χ3n) is 7.72. The van der Waals surface area contributed by atoms with Crippen LogP contribution < -0.4 is 10.4 Å². The molecule has 2 unspecified atom stereocenters. The second-order valence-corrected chi connectivity index (χ2v) is 10.4. The second kappa shape index (κ2) is 14.4. The number of allylic oxidation sites excluding steroid dienone is 8. The summed E-state index contributed by atoms with van der Waals surface area (Å²) in [7, 11) is 0. The van der Waals surface area contributed by atoms with Crippen LogP contribution in [0.2, 0.25) is 0 Å². The van der Waals surface area contributed by atoms with Gasteiger partial charge in [-0.1, -0.05) is 98.6 Å². The summed E-state index contributed by atoms with van der Waals surface area (Å²) in [5.41, 5.74) is 6.74. The van der Waals surface area contributed by atoms with Gasteiger partial charge in [-0.15, -0.1) is 48.9 Å². The smallest absolute Gasteiger partial charge is 0.686 e. The first-order valence-electron chi connectivity index (χ1n) is 14.5. The van der Waals surface area contributed by atoms with Crippen molar-refractivity contribution in [3.8, 4) is 0 Å². The zero-order valence-electron chi connectivity index (χ0n) is 23.2. The van der Waals surface area contributed by atoms with E-state index in [1.807, 2.05) is 24.6 Å². The molecule has 2 atom stereocenters. The molecule has 5 aliphatic heterocycles. The summed E-state index contributed by atoms with van der Waals surface area (Å²) in [5.74, 6) is 0.995. The average Bonchev–Trinajstić information content (AvgIpc) is 3.06. The second-order valence-electron chi connectivity index (χ2n) is 10.4. The van der Waals surface area contributed by atoms with Crippen LogP contribution in [0.5, 0.6) is 0 Å². The predicted molar refractivity (Wildman–Crippen MR) is 169 cm³/mol. The molecular weight excluding hydrogens is 591 g/mol. The summed E-state index contributed by atoms with van der Waals surface area (Å²) >= 11 is 0. The topological polar surface area (TPSA) is 70.5 Å². The molecule has 1 radical (unpaired) electrons. The minimum atomic E-state index is 0. The van der Waals surface area contributed by atoms with Gasteiger partial charge in [0.2, 0.25) is 0 Å². The van der Waals surface area contributed by atoms with E-state index in [2.05, 4.69) is 106 Å². The quantitative estimate of drug-likeness (QED) is 0.170. The molecule has 7 aliphatic rings. The van der Waals surface area contributed by atoms with Gasteiger partial charge in [0.05, 0.1) is 0 Å². The van der Waals surface area contributed by atoms with E-state index in [1.165, 1.54) is 47.4 Å². The van der Waals surface area contributed by atoms with Gasteiger partial charge in [-0.2, -0.15) is 36.1 Å². The average molecular weight is 627 g/mol. The molecule has 2 aliphatic carbocycles. The first kappa shape index (κ1) is 29.0. The van der Waals surface area contributed by atoms with Crippen LogP contribution in [0.4, 0.5) is 11.4 Å². The molecule has 1 aromatic carbocycles. The summed E-state index contributed by atoms with van der Waals surface area (Å²) < 4.78 is 0. The first-order valence-corrected chi connectivity index (χ1v) is 14.5. The maximum atomic E-state index is 4.53. The third-order valence-corrected chi connectivity index (χ3v) is 7.72. The molecule has 0 spiro atoms. The maximum absolute atomic E-state index is 4.53. The minimum Gasteiger partial charge on any atom is -0.686 e. The number of rotatable bonds is 1. The van der Waals surface area contributed by atoms with Crippen LogP contribution in [0, 0.1) is 18.3 Å². The molecule has 1 saturated carbocycles. The van der Waals surface area contributed by atoms with Gasteiger partial charge in [0.25, 0.3) is 0 Å². The van der Waals surface area contributed by atoms with Crippen molar-refractivity contribution in [3.63, 3.8) is 0 Å². The van der Waals surface area contributed by atoms with Crippen molar-refractivity contribution in [2.45, 2.75) is 32.1 Å². The van der Waals surface area contributed by atoms with Crippen LogP contribution in [0.15, 0.2) is 108 Å². The van der Waals surface area contributed by atoms with E-state index in [1.54, 1.807) is 0 Å². The van der Waals surface area contributed by atoms with Crippen molar-refractivity contribution in [3.05, 3.63) is 151 Å². The van der Waals surface area contributed by atoms with E-state index in [9.17, 15) is 0 Å². The Balaban J connectivity index is 0.000000123. The summed E-state index contributed by atoms with van der Waals surface area (Å²) in [5, 5.41) is 24.7. The Bertz CT molecular complexity index is 1460. The number of benzene rings is 1. The van der Waals surface area contributed by atoms with Crippen LogP contribution in [0.3, 0.4) is 0 Å². The zero-order valence-corrected chi connectivity index (χ0v) is 25.0. The zero-order chi connectivity index (χ0) is 27.0. The van der Waals surface area contributed by atoms with Gasteiger partial charge < -0.3 is 33.0 Å². The standard InChI is InChI=1S/2C12H10N2.C11H15N.Ru/c2*1-3-9-5-6-10-4-2-8-14-12(10)11(9)13-7-1;1-2-6-10(7-3-1)11-8-4-5-9-12-11;/h1,3-7H,2,8H2;1-7,10H,8H2;4-6,8,10H,1-3,7,9H2;/q3*-2;+1. The third kappa shape index (κ3) is 7.05. The Hall–Kier alpha value is -3.50. The van der Waals surface area contributed by atoms with E-state index < -0.39 is 0 Å². The molecule has 1 aromatic rings. The molecule has 5 heterocycles. The van der Waals surface area contributed by atoms with Crippen LogP contribution in [0.25, 0.3) is 38.7 Å². The van der Waals surface area contributed by atoms with E-state index in [0.717, 1.165) is 48.8 Å². The van der Waals surface area contributed by atoms with Gasteiger partial charge in [0, 0.05) is 0 Å². The van der Waals surface area contributed by atoms with Crippen LogP contribution in [0.1, 0.15) is 32.1 Å². The fourth-order valence-electron chi connectivity index (χ4n) is 5.68. The SMILES string of the molecule is C1=CC[N-]C(C2[CH-]CCCC2)=C1.C1=C[N-]C2=C3[N-]CC=CC3C=CC2=C1.C1=C[N-]c2c3c(ccc2=C1)=CCC[N-]3.[Ru+]. The molecule has 8 rings (SSSR count). The van der Waals surface area contributed by atoms with Gasteiger partial charge >= 0.3 is 19.5 Å². The molecule has 0 bridgehead atoms. The first-order chi connectivity index (χ1) is 19.9. The van der Waals surface area contributed by atoms with E-state index in [0.29, 0.717) is 11.8 Å². The number of nitrogens with zero attached hydrogens (tertiary/aromatic N) is 5. The van der Waals surface area contributed by atoms with Crippen LogP contribution >= 0.6 is 0 Å². The molecule has 5 nitrogen and oxygen atoms in total. The van der Waals surface area contributed by atoms with E-state index >= 15 is 0 Å². The van der Waals surface area contributed by atoms with Gasteiger partial charge in [0.1, 0.15) is 0 Å². The van der Waals surface area contributed by atoms with Crippen molar-refractivity contribution >= 4 is 23.5 Å². The molecular formula is C35H35N5Ru-5. The Labute approximate surface area is 257 Å². The molecule has 41 heavy (non-hydrogen) atoms. The summed E-state index contributed by atoms with van der Waals surface area (Å²) in [4.78, 5) is 0. The van der Waals surface area contributed by atoms with E-state index in [4.69, 9.17) is 0 Å². The van der Waals surface area contributed by atoms with Crippen molar-refractivity contribution in [1.29, 1.82) is 0 Å². The van der Waals surface area contributed by atoms with Gasteiger partial charge in [-0.25, -0.2) is 0 Å². The Morgan fingerprint density at radius 2 is 1.66 bits per heavy atom. The predicted octanol–water partition coefficient (Wildman–Crippen LogP) is 8.55. The maximum Gasteiger partial charge on any atom is 1.00 e. The summed E-state index contributed by atoms with van der Waals surface area (Å²) in [6, 6.07) is 4.24. The van der Waals surface area contributed by atoms with Crippen LogP contribution in [-0.4, -0.2) is 19.6 Å². The summed E-state index contributed by atoms with van der Waals surface area (Å²) in [6.45, 7) is 2.56. The molecule has 1 fully saturated rings. The fraction of sp³-hybridized carbons (Fsp3) is 0.286. The largest absolute Gasteiger partial charge is 1.00 e. The van der Waals surface area contributed by atoms with Crippen molar-refractivity contribution < 1.29 is 19.5 Å². The van der Waals surface area contributed by atoms with Gasteiger partial charge in [-0.05, 0) is 21.9 Å². The summed E-state index contributed by atoms with van der Waals surface area (Å²) in [6.07, 6.45) is 37.8. The normalized spacial score (nSPS) is 23.6. The van der Waals surface area contributed by atoms with Gasteiger partial charge in [-0.3, -0.25) is 0 Å². The minimum absolute atomic E-state index is 0. The Morgan fingerprint density at radius 3 is 2.54 bits per heavy atom. The Kier molecular flexibility index (Phi) is 10.2. The molecule has 213 valence electrons. The number of fused-ring (bicyclic) bond motifs is 5. The van der Waals surface area contributed by atoms with E-state index in [-0.39, 0.29) is 19.5 Å². The number of hydrogen-bond donors (Lipinski definition) is 0. The molecule has 6 heteroatoms. The van der Waals surface area contributed by atoms with Crippen molar-refractivity contribution in [2.75, 3.05) is 19.6 Å². The van der Waals surface area contributed by atoms with Gasteiger partial charge in [0.15, 0.2) is 0 Å². The molecule has 0 amide bonds. The molecule has 0 N–H and O–H groups in total.